The molecule has 0 radical (unpaired) electrons. The Morgan fingerprint density at radius 2 is 1.58 bits per heavy atom. The number of aryl methyl sites for hydroxylation is 1. The number of amides is 1. The zero-order valence-corrected chi connectivity index (χ0v) is 21.7. The van der Waals surface area contributed by atoms with E-state index in [-0.39, 0.29) is 22.9 Å². The van der Waals surface area contributed by atoms with Crippen LogP contribution in [0.2, 0.25) is 0 Å². The molecule has 0 aliphatic carbocycles. The van der Waals surface area contributed by atoms with Crippen molar-refractivity contribution < 1.29 is 19.4 Å². The van der Waals surface area contributed by atoms with Crippen LogP contribution in [0.1, 0.15) is 62.9 Å². The van der Waals surface area contributed by atoms with Crippen LogP contribution in [0.25, 0.3) is 5.76 Å². The number of carbonyl (C=O) groups excluding carboxylic acids is 2. The van der Waals surface area contributed by atoms with Crippen molar-refractivity contribution in [2.75, 3.05) is 4.90 Å². The van der Waals surface area contributed by atoms with E-state index < -0.39 is 17.7 Å². The summed E-state index contributed by atoms with van der Waals surface area (Å²) in [6.45, 7) is 12.2. The summed E-state index contributed by atoms with van der Waals surface area (Å²) in [5.41, 5.74) is 3.81. The van der Waals surface area contributed by atoms with E-state index in [1.54, 1.807) is 30.3 Å². The van der Waals surface area contributed by atoms with E-state index in [2.05, 4.69) is 20.8 Å². The lowest BCUT2D eigenvalue weighted by atomic mass is 9.85. The predicted molar refractivity (Wildman–Crippen MR) is 143 cm³/mol. The smallest absolute Gasteiger partial charge is 0.300 e. The fourth-order valence-corrected chi connectivity index (χ4v) is 4.51. The molecule has 1 aliphatic rings. The molecule has 3 aromatic rings. The van der Waals surface area contributed by atoms with E-state index >= 15 is 0 Å². The third-order valence-electron chi connectivity index (χ3n) is 6.38. The molecule has 0 bridgehead atoms. The first-order valence-electron chi connectivity index (χ1n) is 12.2. The van der Waals surface area contributed by atoms with Crippen molar-refractivity contribution in [1.29, 1.82) is 0 Å². The number of benzene rings is 3. The third-order valence-corrected chi connectivity index (χ3v) is 6.38. The Bertz CT molecular complexity index is 1310. The standard InChI is InChI=1S/C31H33NO4/c1-19(2)36-25-17-14-22(18-20(25)3)28(33)26-27(21-12-15-23(16-13-21)31(4,5)6)32(30(35)29(26)34)24-10-8-7-9-11-24/h7-19,27,33H,1-6H3/b28-26-. The van der Waals surface area contributed by atoms with Crippen molar-refractivity contribution in [3.05, 3.63) is 101 Å². The summed E-state index contributed by atoms with van der Waals surface area (Å²) >= 11 is 0. The fraction of sp³-hybridized carbons (Fsp3) is 0.290. The normalized spacial score (nSPS) is 17.6. The van der Waals surface area contributed by atoms with Crippen LogP contribution >= 0.6 is 0 Å². The maximum absolute atomic E-state index is 13.4. The Hall–Kier alpha value is -3.86. The highest BCUT2D eigenvalue weighted by Gasteiger charge is 2.47. The average Bonchev–Trinajstić information content (AvgIpc) is 3.10. The molecular weight excluding hydrogens is 450 g/mol. The largest absolute Gasteiger partial charge is 0.507 e. The number of ether oxygens (including phenoxy) is 1. The second-order valence-electron chi connectivity index (χ2n) is 10.5. The molecule has 186 valence electrons. The summed E-state index contributed by atoms with van der Waals surface area (Å²) in [5, 5.41) is 11.4. The molecule has 1 unspecified atom stereocenters. The molecule has 36 heavy (non-hydrogen) atoms. The highest BCUT2D eigenvalue weighted by atomic mass is 16.5. The van der Waals surface area contributed by atoms with Gasteiger partial charge in [-0.1, -0.05) is 63.2 Å². The minimum Gasteiger partial charge on any atom is -0.507 e. The number of nitrogens with zero attached hydrogens (tertiary/aromatic N) is 1. The summed E-state index contributed by atoms with van der Waals surface area (Å²) in [6.07, 6.45) is 0.00964. The van der Waals surface area contributed by atoms with Gasteiger partial charge in [0.2, 0.25) is 0 Å². The minimum atomic E-state index is -0.756. The lowest BCUT2D eigenvalue weighted by molar-refractivity contribution is -0.132. The summed E-state index contributed by atoms with van der Waals surface area (Å²) in [7, 11) is 0. The van der Waals surface area contributed by atoms with Gasteiger partial charge in [-0.2, -0.15) is 0 Å². The van der Waals surface area contributed by atoms with Crippen molar-refractivity contribution in [3.8, 4) is 5.75 Å². The van der Waals surface area contributed by atoms with E-state index in [9.17, 15) is 14.7 Å². The van der Waals surface area contributed by atoms with Crippen molar-refractivity contribution in [3.63, 3.8) is 0 Å². The van der Waals surface area contributed by atoms with E-state index in [0.717, 1.165) is 16.7 Å². The van der Waals surface area contributed by atoms with Gasteiger partial charge in [-0.05, 0) is 73.2 Å². The van der Waals surface area contributed by atoms with Gasteiger partial charge in [0.15, 0.2) is 0 Å². The van der Waals surface area contributed by atoms with Crippen molar-refractivity contribution in [2.45, 2.75) is 59.1 Å². The molecule has 1 heterocycles. The zero-order chi connectivity index (χ0) is 26.2. The van der Waals surface area contributed by atoms with Crippen LogP contribution in [-0.2, 0) is 15.0 Å². The van der Waals surface area contributed by atoms with Gasteiger partial charge in [0.1, 0.15) is 11.5 Å². The zero-order valence-electron chi connectivity index (χ0n) is 21.7. The quantitative estimate of drug-likeness (QED) is 0.249. The molecule has 0 spiro atoms. The topological polar surface area (TPSA) is 66.8 Å². The van der Waals surface area contributed by atoms with Crippen LogP contribution in [0.5, 0.6) is 5.75 Å². The molecule has 3 aromatic carbocycles. The molecule has 1 amide bonds. The van der Waals surface area contributed by atoms with Crippen molar-refractivity contribution >= 4 is 23.1 Å². The molecule has 1 N–H and O–H groups in total. The summed E-state index contributed by atoms with van der Waals surface area (Å²) in [6, 6.07) is 21.5. The second-order valence-corrected chi connectivity index (χ2v) is 10.5. The van der Waals surface area contributed by atoms with Gasteiger partial charge in [-0.15, -0.1) is 0 Å². The van der Waals surface area contributed by atoms with Gasteiger partial charge in [0.05, 0.1) is 17.7 Å². The molecule has 1 saturated heterocycles. The van der Waals surface area contributed by atoms with E-state index in [0.29, 0.717) is 17.0 Å². The van der Waals surface area contributed by atoms with Crippen LogP contribution in [0.4, 0.5) is 5.69 Å². The second kappa shape index (κ2) is 9.65. The van der Waals surface area contributed by atoms with Gasteiger partial charge < -0.3 is 9.84 Å². The first-order chi connectivity index (χ1) is 17.0. The van der Waals surface area contributed by atoms with Gasteiger partial charge in [-0.25, -0.2) is 0 Å². The van der Waals surface area contributed by atoms with Crippen LogP contribution < -0.4 is 9.64 Å². The number of aliphatic hydroxyl groups excluding tert-OH is 1. The Kier molecular flexibility index (Phi) is 6.77. The van der Waals surface area contributed by atoms with Gasteiger partial charge in [0.25, 0.3) is 11.7 Å². The van der Waals surface area contributed by atoms with Crippen LogP contribution in [-0.4, -0.2) is 22.9 Å². The van der Waals surface area contributed by atoms with Crippen LogP contribution in [0.3, 0.4) is 0 Å². The summed E-state index contributed by atoms with van der Waals surface area (Å²) in [5.74, 6) is -0.859. The molecule has 4 rings (SSSR count). The number of Topliss-reactive ketones (excluding diaryl/α,β-unsaturated/α-hetero) is 1. The number of hydrogen-bond donors (Lipinski definition) is 1. The monoisotopic (exact) mass is 483 g/mol. The SMILES string of the molecule is Cc1cc(/C(O)=C2/C(=O)C(=O)N(c3ccccc3)C2c2ccc(C(C)(C)C)cc2)ccc1OC(C)C. The fourth-order valence-electron chi connectivity index (χ4n) is 4.51. The highest BCUT2D eigenvalue weighted by molar-refractivity contribution is 6.51. The number of ketones is 1. The van der Waals surface area contributed by atoms with Crippen LogP contribution in [0, 0.1) is 6.92 Å². The predicted octanol–water partition coefficient (Wildman–Crippen LogP) is 6.71. The first kappa shape index (κ1) is 25.2. The Labute approximate surface area is 213 Å². The highest BCUT2D eigenvalue weighted by Crippen LogP contribution is 2.42. The molecule has 5 heteroatoms. The van der Waals surface area contributed by atoms with E-state index in [1.165, 1.54) is 4.90 Å². The number of carbonyl (C=O) groups is 2. The minimum absolute atomic E-state index is 0.00964. The molecule has 1 atom stereocenters. The Morgan fingerprint density at radius 1 is 0.944 bits per heavy atom. The lowest BCUT2D eigenvalue weighted by Gasteiger charge is -2.26. The van der Waals surface area contributed by atoms with E-state index in [1.807, 2.05) is 63.2 Å². The van der Waals surface area contributed by atoms with Crippen molar-refractivity contribution in [2.24, 2.45) is 0 Å². The maximum Gasteiger partial charge on any atom is 0.300 e. The number of para-hydroxylation sites is 1. The third kappa shape index (κ3) is 4.78. The lowest BCUT2D eigenvalue weighted by Crippen LogP contribution is -2.29. The van der Waals surface area contributed by atoms with Crippen LogP contribution in [0.15, 0.2) is 78.4 Å². The number of anilines is 1. The summed E-state index contributed by atoms with van der Waals surface area (Å²) in [4.78, 5) is 28.2. The Balaban J connectivity index is 1.88. The Morgan fingerprint density at radius 3 is 2.14 bits per heavy atom. The molecule has 0 aromatic heterocycles. The molecule has 1 aliphatic heterocycles. The summed E-state index contributed by atoms with van der Waals surface area (Å²) < 4.78 is 5.82. The van der Waals surface area contributed by atoms with Gasteiger partial charge in [0, 0.05) is 11.3 Å². The molecule has 5 nitrogen and oxygen atoms in total. The maximum atomic E-state index is 13.4. The number of aliphatic hydroxyl groups is 1. The number of hydrogen-bond acceptors (Lipinski definition) is 4. The average molecular weight is 484 g/mol. The molecule has 1 fully saturated rings. The van der Waals surface area contributed by atoms with Crippen molar-refractivity contribution in [1.82, 2.24) is 0 Å². The van der Waals surface area contributed by atoms with Gasteiger partial charge >= 0.3 is 0 Å². The first-order valence-corrected chi connectivity index (χ1v) is 12.2. The van der Waals surface area contributed by atoms with Gasteiger partial charge in [-0.3, -0.25) is 14.5 Å². The van der Waals surface area contributed by atoms with E-state index in [4.69, 9.17) is 4.74 Å². The molecule has 0 saturated carbocycles. The number of rotatable bonds is 5. The molecular formula is C31H33NO4.